The van der Waals surface area contributed by atoms with Crippen molar-refractivity contribution in [2.45, 2.75) is 25.3 Å². The summed E-state index contributed by atoms with van der Waals surface area (Å²) in [7, 11) is -2.74. The summed E-state index contributed by atoms with van der Waals surface area (Å²) in [5.74, 6) is -1.03. The highest BCUT2D eigenvalue weighted by Gasteiger charge is 2.29. The number of nitrogens with one attached hydrogen (secondary N) is 1. The summed E-state index contributed by atoms with van der Waals surface area (Å²) >= 11 is 0. The second kappa shape index (κ2) is 11.3. The van der Waals surface area contributed by atoms with E-state index in [1.54, 1.807) is 73.7 Å². The maximum absolute atomic E-state index is 13.9. The van der Waals surface area contributed by atoms with Gasteiger partial charge in [-0.15, -0.1) is 0 Å². The molecule has 0 aromatic heterocycles. The zero-order valence-corrected chi connectivity index (χ0v) is 22.2. The Morgan fingerprint density at radius 3 is 2.11 bits per heavy atom. The van der Waals surface area contributed by atoms with Gasteiger partial charge in [0, 0.05) is 5.69 Å². The molecule has 0 aliphatic rings. The van der Waals surface area contributed by atoms with Crippen molar-refractivity contribution in [3.8, 4) is 0 Å². The van der Waals surface area contributed by atoms with E-state index in [-0.39, 0.29) is 22.7 Å². The normalized spacial score (nSPS) is 11.0. The van der Waals surface area contributed by atoms with Crippen molar-refractivity contribution in [2.75, 3.05) is 16.7 Å². The molecule has 4 aromatic carbocycles. The number of hydrogen-bond acceptors (Lipinski definition) is 5. The van der Waals surface area contributed by atoms with E-state index in [1.807, 2.05) is 37.3 Å². The molecule has 0 unspecified atom stereocenters. The van der Waals surface area contributed by atoms with Gasteiger partial charge in [0.2, 0.25) is 0 Å². The average Bonchev–Trinajstić information content (AvgIpc) is 2.93. The third-order valence-electron chi connectivity index (χ3n) is 6.18. The number of rotatable bonds is 8. The fraction of sp³-hybridized carbons (Fsp3) is 0.133. The van der Waals surface area contributed by atoms with E-state index in [9.17, 15) is 18.0 Å². The van der Waals surface area contributed by atoms with Crippen molar-refractivity contribution in [1.29, 1.82) is 0 Å². The summed E-state index contributed by atoms with van der Waals surface area (Å²) < 4.78 is 33.9. The number of sulfonamides is 1. The smallest absolute Gasteiger partial charge is 0.338 e. The number of para-hydroxylation sites is 1. The fourth-order valence-corrected chi connectivity index (χ4v) is 5.53. The predicted octanol–water partition coefficient (Wildman–Crippen LogP) is 5.74. The van der Waals surface area contributed by atoms with Crippen LogP contribution >= 0.6 is 0 Å². The Hall–Kier alpha value is -4.43. The number of anilines is 2. The van der Waals surface area contributed by atoms with Gasteiger partial charge in [0.15, 0.2) is 0 Å². The van der Waals surface area contributed by atoms with Crippen molar-refractivity contribution < 1.29 is 22.7 Å². The van der Waals surface area contributed by atoms with Gasteiger partial charge in [-0.05, 0) is 61.4 Å². The lowest BCUT2D eigenvalue weighted by Crippen LogP contribution is -2.32. The van der Waals surface area contributed by atoms with Gasteiger partial charge >= 0.3 is 5.97 Å². The second-order valence-electron chi connectivity index (χ2n) is 8.75. The number of ether oxygens (including phenoxy) is 1. The monoisotopic (exact) mass is 528 g/mol. The Kier molecular flexibility index (Phi) is 7.93. The number of hydrogen-bond donors (Lipinski definition) is 1. The lowest BCUT2D eigenvalue weighted by Gasteiger charge is -2.27. The molecule has 38 heavy (non-hydrogen) atoms. The van der Waals surface area contributed by atoms with Crippen LogP contribution in [0.5, 0.6) is 0 Å². The molecule has 0 atom stereocenters. The second-order valence-corrected chi connectivity index (χ2v) is 10.6. The van der Waals surface area contributed by atoms with E-state index in [0.717, 1.165) is 11.1 Å². The van der Waals surface area contributed by atoms with Gasteiger partial charge in [-0.1, -0.05) is 66.2 Å². The van der Waals surface area contributed by atoms with Crippen LogP contribution in [0, 0.1) is 13.8 Å². The molecule has 8 heteroatoms. The van der Waals surface area contributed by atoms with Crippen molar-refractivity contribution in [2.24, 2.45) is 0 Å². The molecular formula is C30H28N2O5S. The molecule has 0 aliphatic heterocycles. The summed E-state index contributed by atoms with van der Waals surface area (Å²) in [6, 6.07) is 27.3. The molecular weight excluding hydrogens is 500 g/mol. The van der Waals surface area contributed by atoms with Crippen LogP contribution in [0.1, 0.15) is 37.4 Å². The molecule has 0 saturated heterocycles. The molecule has 194 valence electrons. The Morgan fingerprint density at radius 1 is 0.789 bits per heavy atom. The SMILES string of the molecule is COC(=O)c1cccc(NC(=O)c2ccccc2N(Cc2ccccc2)S(=O)(=O)c2ccc(C)cc2)c1C. The van der Waals surface area contributed by atoms with E-state index in [2.05, 4.69) is 5.32 Å². The van der Waals surface area contributed by atoms with Crippen molar-refractivity contribution in [1.82, 2.24) is 0 Å². The minimum absolute atomic E-state index is 0.0260. The van der Waals surface area contributed by atoms with Gasteiger partial charge in [0.25, 0.3) is 15.9 Å². The van der Waals surface area contributed by atoms with Gasteiger partial charge in [0.05, 0.1) is 35.4 Å². The quantitative estimate of drug-likeness (QED) is 0.295. The number of nitrogens with zero attached hydrogens (tertiary/aromatic N) is 1. The van der Waals surface area contributed by atoms with E-state index in [1.165, 1.54) is 11.4 Å². The lowest BCUT2D eigenvalue weighted by molar-refractivity contribution is 0.0599. The molecule has 0 spiro atoms. The summed E-state index contributed by atoms with van der Waals surface area (Å²) in [6.45, 7) is 3.62. The first kappa shape index (κ1) is 26.6. The number of methoxy groups -OCH3 is 1. The number of carbonyl (C=O) groups excluding carboxylic acids is 2. The third-order valence-corrected chi connectivity index (χ3v) is 7.96. The number of carbonyl (C=O) groups is 2. The standard InChI is InChI=1S/C30H28N2O5S/c1-21-16-18-24(19-17-21)38(35,36)32(20-23-10-5-4-6-11-23)28-15-8-7-12-26(28)29(33)31-27-14-9-13-25(22(27)2)30(34)37-3/h4-19H,20H2,1-3H3,(H,31,33). The molecule has 0 aliphatic carbocycles. The van der Waals surface area contributed by atoms with Crippen LogP contribution in [-0.4, -0.2) is 27.4 Å². The van der Waals surface area contributed by atoms with Crippen molar-refractivity contribution in [3.63, 3.8) is 0 Å². The highest BCUT2D eigenvalue weighted by Crippen LogP contribution is 2.30. The van der Waals surface area contributed by atoms with E-state index < -0.39 is 21.9 Å². The van der Waals surface area contributed by atoms with Crippen LogP contribution in [0.2, 0.25) is 0 Å². The minimum Gasteiger partial charge on any atom is -0.465 e. The van der Waals surface area contributed by atoms with Gasteiger partial charge in [-0.25, -0.2) is 13.2 Å². The van der Waals surface area contributed by atoms with Crippen LogP contribution in [0.4, 0.5) is 11.4 Å². The molecule has 1 amide bonds. The van der Waals surface area contributed by atoms with Crippen molar-refractivity contribution in [3.05, 3.63) is 125 Å². The summed E-state index contributed by atoms with van der Waals surface area (Å²) in [5.41, 5.74) is 3.38. The van der Waals surface area contributed by atoms with E-state index >= 15 is 0 Å². The number of amides is 1. The Morgan fingerprint density at radius 2 is 1.42 bits per heavy atom. The molecule has 7 nitrogen and oxygen atoms in total. The van der Waals surface area contributed by atoms with E-state index in [0.29, 0.717) is 16.8 Å². The highest BCUT2D eigenvalue weighted by atomic mass is 32.2. The zero-order valence-electron chi connectivity index (χ0n) is 21.3. The Balaban J connectivity index is 1.78. The third kappa shape index (κ3) is 5.60. The molecule has 4 aromatic rings. The predicted molar refractivity (Wildman–Crippen MR) is 148 cm³/mol. The summed E-state index contributed by atoms with van der Waals surface area (Å²) in [6.07, 6.45) is 0. The summed E-state index contributed by atoms with van der Waals surface area (Å²) in [4.78, 5) is 25.8. The molecule has 0 bridgehead atoms. The average molecular weight is 529 g/mol. The maximum Gasteiger partial charge on any atom is 0.338 e. The van der Waals surface area contributed by atoms with Crippen LogP contribution < -0.4 is 9.62 Å². The van der Waals surface area contributed by atoms with Gasteiger partial charge in [-0.2, -0.15) is 0 Å². The topological polar surface area (TPSA) is 92.8 Å². The Labute approximate surface area is 222 Å². The Bertz CT molecular complexity index is 1570. The molecule has 0 fully saturated rings. The zero-order chi connectivity index (χ0) is 27.3. The maximum atomic E-state index is 13.9. The molecule has 4 rings (SSSR count). The number of aryl methyl sites for hydroxylation is 1. The van der Waals surface area contributed by atoms with Gasteiger partial charge in [-0.3, -0.25) is 9.10 Å². The van der Waals surface area contributed by atoms with E-state index in [4.69, 9.17) is 4.74 Å². The van der Waals surface area contributed by atoms with Gasteiger partial charge in [0.1, 0.15) is 0 Å². The summed E-state index contributed by atoms with van der Waals surface area (Å²) in [5, 5.41) is 2.84. The van der Waals surface area contributed by atoms with Crippen molar-refractivity contribution >= 4 is 33.3 Å². The molecule has 1 N–H and O–H groups in total. The fourth-order valence-electron chi connectivity index (χ4n) is 4.06. The molecule has 0 radical (unpaired) electrons. The van der Waals surface area contributed by atoms with Crippen LogP contribution in [-0.2, 0) is 21.3 Å². The lowest BCUT2D eigenvalue weighted by atomic mass is 10.1. The molecule has 0 saturated carbocycles. The highest BCUT2D eigenvalue weighted by molar-refractivity contribution is 7.92. The number of benzene rings is 4. The van der Waals surface area contributed by atoms with Crippen LogP contribution in [0.25, 0.3) is 0 Å². The first-order valence-corrected chi connectivity index (χ1v) is 13.4. The first-order valence-electron chi connectivity index (χ1n) is 11.9. The minimum atomic E-state index is -4.04. The molecule has 0 heterocycles. The largest absolute Gasteiger partial charge is 0.465 e. The van der Waals surface area contributed by atoms with Gasteiger partial charge < -0.3 is 10.1 Å². The van der Waals surface area contributed by atoms with Crippen LogP contribution in [0.3, 0.4) is 0 Å². The van der Waals surface area contributed by atoms with Crippen LogP contribution in [0.15, 0.2) is 102 Å². The number of esters is 1. The first-order chi connectivity index (χ1) is 18.2.